The van der Waals surface area contributed by atoms with Crippen LogP contribution >= 0.6 is 0 Å². The molecule has 1 unspecified atom stereocenters. The maximum atomic E-state index is 14.0. The minimum absolute atomic E-state index is 0.217. The summed E-state index contributed by atoms with van der Waals surface area (Å²) in [6.07, 6.45) is -2.17. The Labute approximate surface area is 133 Å². The van der Waals surface area contributed by atoms with E-state index >= 15 is 0 Å². The molecule has 0 radical (unpaired) electrons. The minimum Gasteiger partial charge on any atom is -0.199 e. The van der Waals surface area contributed by atoms with Crippen molar-refractivity contribution >= 4 is 0 Å². The summed E-state index contributed by atoms with van der Waals surface area (Å²) in [6.45, 7) is 5.83. The van der Waals surface area contributed by atoms with E-state index in [1.807, 2.05) is 6.92 Å². The summed E-state index contributed by atoms with van der Waals surface area (Å²) in [5.41, 5.74) is -1.36. The van der Waals surface area contributed by atoms with Crippen LogP contribution in [0.5, 0.6) is 0 Å². The average molecular weight is 352 g/mol. The molecule has 0 aliphatic heterocycles. The third-order valence-corrected chi connectivity index (χ3v) is 4.10. The van der Waals surface area contributed by atoms with Crippen molar-refractivity contribution in [3.05, 3.63) is 0 Å². The fourth-order valence-corrected chi connectivity index (χ4v) is 2.69. The van der Waals surface area contributed by atoms with Gasteiger partial charge in [0.2, 0.25) is 0 Å². The molecule has 7 heteroatoms. The fraction of sp³-hybridized carbons (Fsp3) is 1.00. The van der Waals surface area contributed by atoms with Crippen molar-refractivity contribution in [1.29, 1.82) is 0 Å². The second-order valence-electron chi connectivity index (χ2n) is 7.17. The summed E-state index contributed by atoms with van der Waals surface area (Å²) in [6, 6.07) is 0. The maximum absolute atomic E-state index is 14.0. The Morgan fingerprint density at radius 1 is 0.696 bits per heavy atom. The predicted molar refractivity (Wildman–Crippen MR) is 76.9 cm³/mol. The largest absolute Gasteiger partial charge is 0.459 e. The van der Waals surface area contributed by atoms with Crippen molar-refractivity contribution in [2.75, 3.05) is 0 Å². The number of rotatable bonds is 9. The molecule has 0 spiro atoms. The van der Waals surface area contributed by atoms with E-state index in [2.05, 4.69) is 0 Å². The van der Waals surface area contributed by atoms with Gasteiger partial charge in [0, 0.05) is 5.92 Å². The second-order valence-corrected chi connectivity index (χ2v) is 7.17. The zero-order valence-electron chi connectivity index (χ0n) is 14.2. The molecule has 0 saturated heterocycles. The molecule has 0 rings (SSSR count). The molecule has 0 heterocycles. The van der Waals surface area contributed by atoms with Crippen LogP contribution in [-0.2, 0) is 0 Å². The molecule has 0 bridgehead atoms. The van der Waals surface area contributed by atoms with Gasteiger partial charge in [-0.2, -0.15) is 30.7 Å². The normalized spacial score (nSPS) is 15.8. The Kier molecular flexibility index (Phi) is 7.89. The van der Waals surface area contributed by atoms with Gasteiger partial charge >= 0.3 is 18.0 Å². The van der Waals surface area contributed by atoms with Gasteiger partial charge in [0.05, 0.1) is 0 Å². The molecule has 0 saturated carbocycles. The molecule has 0 aliphatic carbocycles. The van der Waals surface area contributed by atoms with Crippen molar-refractivity contribution in [1.82, 2.24) is 0 Å². The van der Waals surface area contributed by atoms with E-state index in [0.717, 1.165) is 25.7 Å². The first kappa shape index (κ1) is 22.5. The standard InChI is InChI=1S/C16H27F7/c1-5-6-7-8-9-10-11-12(13(2,3)4)14(17,18)15(19,20)16(21,22)23/h12H,5-11H2,1-4H3. The van der Waals surface area contributed by atoms with E-state index in [-0.39, 0.29) is 12.8 Å². The first-order chi connectivity index (χ1) is 10.2. The van der Waals surface area contributed by atoms with Gasteiger partial charge < -0.3 is 0 Å². The topological polar surface area (TPSA) is 0 Å². The van der Waals surface area contributed by atoms with Crippen LogP contribution in [0.1, 0.15) is 72.6 Å². The van der Waals surface area contributed by atoms with Crippen LogP contribution in [0.3, 0.4) is 0 Å². The summed E-state index contributed by atoms with van der Waals surface area (Å²) in [7, 11) is 0. The van der Waals surface area contributed by atoms with Crippen molar-refractivity contribution in [3.8, 4) is 0 Å². The van der Waals surface area contributed by atoms with Crippen molar-refractivity contribution < 1.29 is 30.7 Å². The lowest BCUT2D eigenvalue weighted by molar-refractivity contribution is -0.372. The second kappa shape index (κ2) is 8.06. The van der Waals surface area contributed by atoms with E-state index in [4.69, 9.17) is 0 Å². The van der Waals surface area contributed by atoms with E-state index in [1.165, 1.54) is 20.8 Å². The molecule has 0 aromatic heterocycles. The van der Waals surface area contributed by atoms with E-state index in [9.17, 15) is 30.7 Å². The van der Waals surface area contributed by atoms with E-state index in [1.54, 1.807) is 0 Å². The maximum Gasteiger partial charge on any atom is 0.459 e. The summed E-state index contributed by atoms with van der Waals surface area (Å²) < 4.78 is 91.7. The molecule has 0 nitrogen and oxygen atoms in total. The molecular weight excluding hydrogens is 325 g/mol. The Hall–Kier alpha value is -0.490. The number of halogens is 7. The molecular formula is C16H27F7. The van der Waals surface area contributed by atoms with Crippen LogP contribution in [0.2, 0.25) is 0 Å². The van der Waals surface area contributed by atoms with Crippen LogP contribution in [0.4, 0.5) is 30.7 Å². The Morgan fingerprint density at radius 3 is 1.52 bits per heavy atom. The highest BCUT2D eigenvalue weighted by molar-refractivity contribution is 4.99. The minimum atomic E-state index is -6.26. The van der Waals surface area contributed by atoms with Gasteiger partial charge in [-0.15, -0.1) is 0 Å². The molecule has 1 atom stereocenters. The van der Waals surface area contributed by atoms with Crippen LogP contribution in [0, 0.1) is 11.3 Å². The van der Waals surface area contributed by atoms with Crippen molar-refractivity contribution in [2.45, 2.75) is 90.7 Å². The molecule has 0 aromatic rings. The molecule has 0 fully saturated rings. The van der Waals surface area contributed by atoms with Crippen molar-refractivity contribution in [2.24, 2.45) is 11.3 Å². The van der Waals surface area contributed by atoms with E-state index in [0.29, 0.717) is 6.42 Å². The van der Waals surface area contributed by atoms with Gasteiger partial charge in [-0.3, -0.25) is 0 Å². The average Bonchev–Trinajstić information content (AvgIpc) is 2.34. The zero-order valence-corrected chi connectivity index (χ0v) is 14.2. The monoisotopic (exact) mass is 352 g/mol. The Balaban J connectivity index is 5.04. The molecule has 0 N–H and O–H groups in total. The highest BCUT2D eigenvalue weighted by Crippen LogP contribution is 2.55. The van der Waals surface area contributed by atoms with Gasteiger partial charge in [-0.05, 0) is 11.8 Å². The molecule has 23 heavy (non-hydrogen) atoms. The first-order valence-corrected chi connectivity index (χ1v) is 8.02. The lowest BCUT2D eigenvalue weighted by Gasteiger charge is -2.40. The molecule has 0 amide bonds. The summed E-state index contributed by atoms with van der Waals surface area (Å²) in [4.78, 5) is 0. The highest BCUT2D eigenvalue weighted by atomic mass is 19.4. The number of unbranched alkanes of at least 4 members (excludes halogenated alkanes) is 5. The van der Waals surface area contributed by atoms with Gasteiger partial charge in [-0.25, -0.2) is 0 Å². The summed E-state index contributed by atoms with van der Waals surface area (Å²) in [5, 5.41) is 0. The molecule has 0 aliphatic rings. The fourth-order valence-electron chi connectivity index (χ4n) is 2.69. The van der Waals surface area contributed by atoms with Crippen molar-refractivity contribution in [3.63, 3.8) is 0 Å². The van der Waals surface area contributed by atoms with Gasteiger partial charge in [0.25, 0.3) is 0 Å². The van der Waals surface area contributed by atoms with E-state index < -0.39 is 29.4 Å². The number of alkyl halides is 7. The predicted octanol–water partition coefficient (Wildman–Crippen LogP) is 7.23. The quantitative estimate of drug-likeness (QED) is 0.303. The van der Waals surface area contributed by atoms with Crippen LogP contribution < -0.4 is 0 Å². The number of hydrogen-bond donors (Lipinski definition) is 0. The van der Waals surface area contributed by atoms with Gasteiger partial charge in [0.1, 0.15) is 0 Å². The van der Waals surface area contributed by atoms with Gasteiger partial charge in [-0.1, -0.05) is 66.2 Å². The van der Waals surface area contributed by atoms with Gasteiger partial charge in [0.15, 0.2) is 0 Å². The molecule has 140 valence electrons. The SMILES string of the molecule is CCCCCCCCC(C(C)(C)C)C(F)(F)C(F)(F)C(F)(F)F. The first-order valence-electron chi connectivity index (χ1n) is 8.02. The third-order valence-electron chi connectivity index (χ3n) is 4.10. The van der Waals surface area contributed by atoms with Crippen LogP contribution in [0.25, 0.3) is 0 Å². The summed E-state index contributed by atoms with van der Waals surface area (Å²) in [5.74, 6) is -13.2. The molecule has 0 aromatic carbocycles. The Morgan fingerprint density at radius 2 is 1.13 bits per heavy atom. The smallest absolute Gasteiger partial charge is 0.199 e. The van der Waals surface area contributed by atoms with Crippen LogP contribution in [-0.4, -0.2) is 18.0 Å². The zero-order chi connectivity index (χ0) is 18.5. The number of hydrogen-bond acceptors (Lipinski definition) is 0. The highest BCUT2D eigenvalue weighted by Gasteiger charge is 2.75. The third kappa shape index (κ3) is 5.82. The van der Waals surface area contributed by atoms with Crippen LogP contribution in [0.15, 0.2) is 0 Å². The lowest BCUT2D eigenvalue weighted by Crippen LogP contribution is -2.58. The summed E-state index contributed by atoms with van der Waals surface area (Å²) >= 11 is 0. The lowest BCUT2D eigenvalue weighted by atomic mass is 9.72. The Bertz CT molecular complexity index is 339.